The molecule has 1 heterocycles. The summed E-state index contributed by atoms with van der Waals surface area (Å²) in [4.78, 5) is 25.5. The number of rotatable bonds is 7. The van der Waals surface area contributed by atoms with Crippen molar-refractivity contribution in [2.45, 2.75) is 32.2 Å². The van der Waals surface area contributed by atoms with E-state index in [0.717, 1.165) is 38.9 Å². The van der Waals surface area contributed by atoms with Gasteiger partial charge in [0.25, 0.3) is 11.8 Å². The number of benzene rings is 1. The molecule has 24 heavy (non-hydrogen) atoms. The quantitative estimate of drug-likeness (QED) is 0.777. The van der Waals surface area contributed by atoms with Crippen LogP contribution in [0.25, 0.3) is 0 Å². The molecule has 0 aromatic heterocycles. The molecule has 2 amide bonds. The Morgan fingerprint density at radius 1 is 1.25 bits per heavy atom. The number of amides is 2. The van der Waals surface area contributed by atoms with Gasteiger partial charge in [-0.3, -0.25) is 9.59 Å². The molecule has 0 aliphatic carbocycles. The van der Waals surface area contributed by atoms with Gasteiger partial charge < -0.3 is 20.7 Å². The van der Waals surface area contributed by atoms with Crippen molar-refractivity contribution in [3.8, 4) is 5.75 Å². The Bertz CT molecular complexity index is 530. The zero-order chi connectivity index (χ0) is 16.7. The summed E-state index contributed by atoms with van der Waals surface area (Å²) < 4.78 is 5.22. The number of hydrogen-bond acceptors (Lipinski definition) is 4. The lowest BCUT2D eigenvalue weighted by Gasteiger charge is -2.34. The van der Waals surface area contributed by atoms with E-state index in [0.29, 0.717) is 17.4 Å². The molecule has 0 atom stereocenters. The molecule has 1 saturated heterocycles. The average molecular weight is 356 g/mol. The van der Waals surface area contributed by atoms with Gasteiger partial charge in [-0.05, 0) is 56.6 Å². The van der Waals surface area contributed by atoms with Gasteiger partial charge in [-0.1, -0.05) is 6.92 Å². The lowest BCUT2D eigenvalue weighted by atomic mass is 10.0. The van der Waals surface area contributed by atoms with E-state index in [4.69, 9.17) is 10.5 Å². The summed E-state index contributed by atoms with van der Waals surface area (Å²) in [6, 6.07) is 7.17. The Hall–Kier alpha value is -1.79. The monoisotopic (exact) mass is 355 g/mol. The fraction of sp³-hybridized carbons (Fsp3) is 0.529. The van der Waals surface area contributed by atoms with E-state index in [1.165, 1.54) is 0 Å². The summed E-state index contributed by atoms with van der Waals surface area (Å²) in [6.07, 6.45) is 2.92. The number of nitrogens with one attached hydrogen (secondary N) is 1. The summed E-state index contributed by atoms with van der Waals surface area (Å²) in [5.41, 5.74) is 5.69. The van der Waals surface area contributed by atoms with Crippen molar-refractivity contribution in [1.82, 2.24) is 10.2 Å². The molecule has 1 aromatic rings. The van der Waals surface area contributed by atoms with Gasteiger partial charge in [-0.2, -0.15) is 0 Å². The van der Waals surface area contributed by atoms with Crippen molar-refractivity contribution in [3.63, 3.8) is 0 Å². The summed E-state index contributed by atoms with van der Waals surface area (Å²) in [5, 5.41) is 3.33. The number of halogens is 1. The van der Waals surface area contributed by atoms with Crippen LogP contribution in [0.2, 0.25) is 0 Å². The molecule has 6 nitrogen and oxygen atoms in total. The van der Waals surface area contributed by atoms with E-state index < -0.39 is 5.91 Å². The van der Waals surface area contributed by atoms with Gasteiger partial charge in [0.2, 0.25) is 0 Å². The van der Waals surface area contributed by atoms with Crippen LogP contribution in [0.5, 0.6) is 5.75 Å². The second-order valence-corrected chi connectivity index (χ2v) is 5.76. The van der Waals surface area contributed by atoms with E-state index in [2.05, 4.69) is 12.2 Å². The smallest absolute Gasteiger partial charge is 0.255 e. The maximum atomic E-state index is 12.8. The molecule has 0 saturated carbocycles. The number of carbonyl (C=O) groups is 2. The van der Waals surface area contributed by atoms with Crippen LogP contribution < -0.4 is 15.8 Å². The second kappa shape index (κ2) is 10.2. The normalized spacial score (nSPS) is 14.5. The predicted octanol–water partition coefficient (Wildman–Crippen LogP) is 1.58. The molecule has 2 rings (SSSR count). The number of nitrogens with zero attached hydrogens (tertiary/aromatic N) is 1. The fourth-order valence-corrected chi connectivity index (χ4v) is 2.82. The fourth-order valence-electron chi connectivity index (χ4n) is 2.82. The highest BCUT2D eigenvalue weighted by atomic mass is 35.5. The van der Waals surface area contributed by atoms with E-state index in [-0.39, 0.29) is 24.9 Å². The summed E-state index contributed by atoms with van der Waals surface area (Å²) in [5.74, 6) is 0.0645. The van der Waals surface area contributed by atoms with Crippen LogP contribution in [0.1, 0.15) is 36.5 Å². The first-order chi connectivity index (χ1) is 11.1. The zero-order valence-corrected chi connectivity index (χ0v) is 14.8. The highest BCUT2D eigenvalue weighted by Gasteiger charge is 2.25. The molecule has 1 aromatic carbocycles. The van der Waals surface area contributed by atoms with Gasteiger partial charge >= 0.3 is 0 Å². The Balaban J connectivity index is 0.00000288. The van der Waals surface area contributed by atoms with Gasteiger partial charge in [0, 0.05) is 18.2 Å². The van der Waals surface area contributed by atoms with Crippen molar-refractivity contribution in [3.05, 3.63) is 29.8 Å². The topological polar surface area (TPSA) is 84.7 Å². The second-order valence-electron chi connectivity index (χ2n) is 5.76. The number of nitrogens with two attached hydrogens (primary N) is 1. The number of carbonyl (C=O) groups excluding carboxylic acids is 2. The largest absolute Gasteiger partial charge is 0.484 e. The number of piperidine rings is 1. The third-order valence-electron chi connectivity index (χ3n) is 3.96. The van der Waals surface area contributed by atoms with Crippen molar-refractivity contribution < 1.29 is 14.3 Å². The van der Waals surface area contributed by atoms with Crippen LogP contribution in [0.4, 0.5) is 0 Å². The molecule has 0 unspecified atom stereocenters. The van der Waals surface area contributed by atoms with E-state index in [9.17, 15) is 9.59 Å². The third kappa shape index (κ3) is 5.69. The predicted molar refractivity (Wildman–Crippen MR) is 95.6 cm³/mol. The van der Waals surface area contributed by atoms with Crippen molar-refractivity contribution >= 4 is 24.2 Å². The number of ether oxygens (including phenoxy) is 1. The lowest BCUT2D eigenvalue weighted by molar-refractivity contribution is -0.119. The van der Waals surface area contributed by atoms with Gasteiger partial charge in [0.05, 0.1) is 0 Å². The first-order valence-electron chi connectivity index (χ1n) is 8.14. The van der Waals surface area contributed by atoms with E-state index >= 15 is 0 Å². The minimum absolute atomic E-state index is 0. The Labute approximate surface area is 149 Å². The van der Waals surface area contributed by atoms with Crippen LogP contribution in [0.3, 0.4) is 0 Å². The lowest BCUT2D eigenvalue weighted by Crippen LogP contribution is -2.46. The molecular formula is C17H26ClN3O3. The Morgan fingerprint density at radius 2 is 1.88 bits per heavy atom. The molecule has 0 spiro atoms. The van der Waals surface area contributed by atoms with Crippen molar-refractivity contribution in [2.24, 2.45) is 5.73 Å². The molecular weight excluding hydrogens is 330 g/mol. The molecule has 1 fully saturated rings. The van der Waals surface area contributed by atoms with Gasteiger partial charge in [-0.15, -0.1) is 12.4 Å². The van der Waals surface area contributed by atoms with Crippen molar-refractivity contribution in [2.75, 3.05) is 26.2 Å². The molecule has 1 aliphatic rings. The highest BCUT2D eigenvalue weighted by Crippen LogP contribution is 2.18. The summed E-state index contributed by atoms with van der Waals surface area (Å²) in [6.45, 7) is 4.60. The van der Waals surface area contributed by atoms with Gasteiger partial charge in [0.15, 0.2) is 6.61 Å². The first kappa shape index (κ1) is 20.3. The molecule has 0 bridgehead atoms. The molecule has 1 aliphatic heterocycles. The SMILES string of the molecule is CCCN(C(=O)c1ccc(OCC(N)=O)cc1)C1CCNCC1.Cl. The zero-order valence-electron chi connectivity index (χ0n) is 14.0. The van der Waals surface area contributed by atoms with E-state index in [1.807, 2.05) is 4.90 Å². The third-order valence-corrected chi connectivity index (χ3v) is 3.96. The van der Waals surface area contributed by atoms with Crippen molar-refractivity contribution in [1.29, 1.82) is 0 Å². The van der Waals surface area contributed by atoms with Gasteiger partial charge in [0.1, 0.15) is 5.75 Å². The first-order valence-corrected chi connectivity index (χ1v) is 8.14. The van der Waals surface area contributed by atoms with Crippen LogP contribution in [-0.4, -0.2) is 49.0 Å². The summed E-state index contributed by atoms with van der Waals surface area (Å²) >= 11 is 0. The Morgan fingerprint density at radius 3 is 2.42 bits per heavy atom. The maximum Gasteiger partial charge on any atom is 0.255 e. The van der Waals surface area contributed by atoms with Crippen LogP contribution in [0.15, 0.2) is 24.3 Å². The van der Waals surface area contributed by atoms with Gasteiger partial charge in [-0.25, -0.2) is 0 Å². The minimum Gasteiger partial charge on any atom is -0.484 e. The average Bonchev–Trinajstić information content (AvgIpc) is 2.58. The van der Waals surface area contributed by atoms with Crippen LogP contribution in [-0.2, 0) is 4.79 Å². The molecule has 0 radical (unpaired) electrons. The van der Waals surface area contributed by atoms with E-state index in [1.54, 1.807) is 24.3 Å². The number of primary amides is 1. The minimum atomic E-state index is -0.523. The molecule has 134 valence electrons. The van der Waals surface area contributed by atoms with Crippen LogP contribution in [0, 0.1) is 0 Å². The molecule has 7 heteroatoms. The standard InChI is InChI=1S/C17H25N3O3.ClH/c1-2-11-20(14-7-9-19-10-8-14)17(22)13-3-5-15(6-4-13)23-12-16(18)21;/h3-6,14,19H,2,7-12H2,1H3,(H2,18,21);1H. The van der Waals surface area contributed by atoms with Crippen LogP contribution >= 0.6 is 12.4 Å². The molecule has 3 N–H and O–H groups in total. The maximum absolute atomic E-state index is 12.8. The summed E-state index contributed by atoms with van der Waals surface area (Å²) in [7, 11) is 0. The Kier molecular flexibility index (Phi) is 8.57. The number of hydrogen-bond donors (Lipinski definition) is 2. The highest BCUT2D eigenvalue weighted by molar-refractivity contribution is 5.94.